The SMILES string of the molecule is CC/C(=N\OCc1ccc(Cl)cc1)c1cc(Cl)ccc1N(CC=C(C)C)S(=O)(=O)C(F)(F)F. The Morgan fingerprint density at radius 1 is 1.09 bits per heavy atom. The van der Waals surface area contributed by atoms with Gasteiger partial charge in [0.1, 0.15) is 6.61 Å². The summed E-state index contributed by atoms with van der Waals surface area (Å²) in [5, 5.41) is 4.83. The minimum absolute atomic E-state index is 0.0822. The van der Waals surface area contributed by atoms with Gasteiger partial charge in [0.15, 0.2) is 0 Å². The van der Waals surface area contributed by atoms with Gasteiger partial charge in [0.05, 0.1) is 17.9 Å². The van der Waals surface area contributed by atoms with Crippen molar-refractivity contribution in [3.63, 3.8) is 0 Å². The standard InChI is InChI=1S/C22H23Cl2F3N2O3S/c1-4-20(28-32-14-16-5-7-17(23)8-6-16)19-13-18(24)9-10-21(19)29(12-11-15(2)3)33(30,31)22(25,26)27/h5-11,13H,4,12,14H2,1-3H3/b28-20+. The zero-order chi connectivity index (χ0) is 24.8. The first-order chi connectivity index (χ1) is 15.4. The van der Waals surface area contributed by atoms with Crippen LogP contribution in [0.15, 0.2) is 59.3 Å². The van der Waals surface area contributed by atoms with Crippen molar-refractivity contribution in [1.29, 1.82) is 0 Å². The second kappa shape index (κ2) is 11.3. The number of alkyl halides is 3. The molecule has 0 N–H and O–H groups in total. The third kappa shape index (κ3) is 7.12. The minimum atomic E-state index is -5.69. The molecule has 0 heterocycles. The molecular formula is C22H23Cl2F3N2O3S. The van der Waals surface area contributed by atoms with Crippen LogP contribution in [0.2, 0.25) is 10.0 Å². The fraction of sp³-hybridized carbons (Fsp3) is 0.318. The largest absolute Gasteiger partial charge is 0.516 e. The van der Waals surface area contributed by atoms with E-state index in [1.807, 2.05) is 0 Å². The van der Waals surface area contributed by atoms with Crippen LogP contribution >= 0.6 is 23.2 Å². The predicted molar refractivity (Wildman–Crippen MR) is 126 cm³/mol. The topological polar surface area (TPSA) is 59.0 Å². The molecule has 33 heavy (non-hydrogen) atoms. The molecule has 0 amide bonds. The van der Waals surface area contributed by atoms with Gasteiger partial charge in [0.25, 0.3) is 0 Å². The first-order valence-electron chi connectivity index (χ1n) is 9.82. The molecule has 2 rings (SSSR count). The number of oxime groups is 1. The van der Waals surface area contributed by atoms with Crippen LogP contribution in [0.3, 0.4) is 0 Å². The van der Waals surface area contributed by atoms with Crippen LogP contribution in [-0.4, -0.2) is 26.2 Å². The van der Waals surface area contributed by atoms with Gasteiger partial charge in [-0.05, 0) is 56.2 Å². The van der Waals surface area contributed by atoms with Gasteiger partial charge in [0, 0.05) is 15.6 Å². The highest BCUT2D eigenvalue weighted by Crippen LogP contribution is 2.34. The molecule has 5 nitrogen and oxygen atoms in total. The molecular weight excluding hydrogens is 500 g/mol. The number of allylic oxidation sites excluding steroid dienone is 1. The molecule has 0 aliphatic heterocycles. The molecule has 0 unspecified atom stereocenters. The van der Waals surface area contributed by atoms with E-state index in [9.17, 15) is 21.6 Å². The molecule has 0 spiro atoms. The molecule has 0 aliphatic carbocycles. The second-order valence-corrected chi connectivity index (χ2v) is 9.94. The van der Waals surface area contributed by atoms with Gasteiger partial charge < -0.3 is 4.84 Å². The molecule has 0 aromatic heterocycles. The fourth-order valence-electron chi connectivity index (χ4n) is 2.74. The summed E-state index contributed by atoms with van der Waals surface area (Å²) in [7, 11) is -5.69. The predicted octanol–water partition coefficient (Wildman–Crippen LogP) is 6.95. The first-order valence-corrected chi connectivity index (χ1v) is 12.0. The zero-order valence-corrected chi connectivity index (χ0v) is 20.5. The van der Waals surface area contributed by atoms with E-state index in [1.54, 1.807) is 45.0 Å². The average molecular weight is 523 g/mol. The number of hydrogen-bond donors (Lipinski definition) is 0. The van der Waals surface area contributed by atoms with Crippen LogP contribution < -0.4 is 4.31 Å². The maximum atomic E-state index is 13.5. The Kier molecular flexibility index (Phi) is 9.22. The van der Waals surface area contributed by atoms with Gasteiger partial charge in [-0.25, -0.2) is 0 Å². The van der Waals surface area contributed by atoms with Gasteiger partial charge in [-0.15, -0.1) is 0 Å². The van der Waals surface area contributed by atoms with E-state index in [4.69, 9.17) is 28.0 Å². The number of nitrogens with zero attached hydrogens (tertiary/aromatic N) is 2. The van der Waals surface area contributed by atoms with E-state index in [1.165, 1.54) is 24.3 Å². The summed E-state index contributed by atoms with van der Waals surface area (Å²) in [4.78, 5) is 5.39. The van der Waals surface area contributed by atoms with Gasteiger partial charge in [-0.3, -0.25) is 4.31 Å². The van der Waals surface area contributed by atoms with Crippen LogP contribution in [-0.2, 0) is 21.5 Å². The van der Waals surface area contributed by atoms with Crippen molar-refractivity contribution in [3.05, 3.63) is 75.3 Å². The number of anilines is 1. The van der Waals surface area contributed by atoms with Gasteiger partial charge in [-0.1, -0.05) is 59.1 Å². The summed E-state index contributed by atoms with van der Waals surface area (Å²) in [5.41, 5.74) is -3.91. The Hall–Kier alpha value is -2.23. The third-order valence-electron chi connectivity index (χ3n) is 4.44. The van der Waals surface area contributed by atoms with Crippen molar-refractivity contribution >= 4 is 44.6 Å². The number of sulfonamides is 1. The fourth-order valence-corrected chi connectivity index (χ4v) is 3.98. The Bertz CT molecular complexity index is 1130. The average Bonchev–Trinajstić information content (AvgIpc) is 2.72. The Balaban J connectivity index is 2.52. The van der Waals surface area contributed by atoms with Gasteiger partial charge in [0.2, 0.25) is 0 Å². The molecule has 0 saturated heterocycles. The third-order valence-corrected chi connectivity index (χ3v) is 6.44. The van der Waals surface area contributed by atoms with Crippen molar-refractivity contribution in [1.82, 2.24) is 0 Å². The van der Waals surface area contributed by atoms with Gasteiger partial charge in [-0.2, -0.15) is 21.6 Å². The molecule has 0 bridgehead atoms. The number of hydrogen-bond acceptors (Lipinski definition) is 4. The molecule has 0 fully saturated rings. The zero-order valence-electron chi connectivity index (χ0n) is 18.2. The van der Waals surface area contributed by atoms with Crippen LogP contribution in [0.5, 0.6) is 0 Å². The summed E-state index contributed by atoms with van der Waals surface area (Å²) in [6, 6.07) is 10.8. The molecule has 0 radical (unpaired) electrons. The summed E-state index contributed by atoms with van der Waals surface area (Å²) in [6.07, 6.45) is 1.64. The Morgan fingerprint density at radius 3 is 2.24 bits per heavy atom. The highest BCUT2D eigenvalue weighted by Gasteiger charge is 2.50. The lowest BCUT2D eigenvalue weighted by molar-refractivity contribution is -0.0437. The van der Waals surface area contributed by atoms with Gasteiger partial charge >= 0.3 is 15.5 Å². The van der Waals surface area contributed by atoms with E-state index >= 15 is 0 Å². The normalized spacial score (nSPS) is 12.4. The van der Waals surface area contributed by atoms with Crippen molar-refractivity contribution in [2.24, 2.45) is 5.16 Å². The van der Waals surface area contributed by atoms with Crippen LogP contribution in [0.1, 0.15) is 38.3 Å². The molecule has 2 aromatic carbocycles. The summed E-state index contributed by atoms with van der Waals surface area (Å²) in [5.74, 6) is 0. The number of rotatable bonds is 9. The van der Waals surface area contributed by atoms with Crippen molar-refractivity contribution < 1.29 is 26.4 Å². The molecule has 11 heteroatoms. The maximum absolute atomic E-state index is 13.5. The van der Waals surface area contributed by atoms with Crippen molar-refractivity contribution in [2.75, 3.05) is 10.8 Å². The lowest BCUT2D eigenvalue weighted by Gasteiger charge is -2.27. The lowest BCUT2D eigenvalue weighted by atomic mass is 10.1. The van der Waals surface area contributed by atoms with E-state index in [2.05, 4.69) is 5.16 Å². The van der Waals surface area contributed by atoms with Crippen LogP contribution in [0, 0.1) is 0 Å². The molecule has 180 valence electrons. The molecule has 0 saturated carbocycles. The highest BCUT2D eigenvalue weighted by atomic mass is 35.5. The van der Waals surface area contributed by atoms with E-state index in [-0.39, 0.29) is 35.0 Å². The number of halogens is 5. The first kappa shape index (κ1) is 27.0. The van der Waals surface area contributed by atoms with E-state index in [0.717, 1.165) is 5.56 Å². The summed E-state index contributed by atoms with van der Waals surface area (Å²) < 4.78 is 65.5. The molecule has 0 atom stereocenters. The monoisotopic (exact) mass is 522 g/mol. The van der Waals surface area contributed by atoms with Crippen molar-refractivity contribution in [3.8, 4) is 0 Å². The second-order valence-electron chi connectivity index (χ2n) is 7.22. The van der Waals surface area contributed by atoms with Crippen LogP contribution in [0.25, 0.3) is 0 Å². The summed E-state index contributed by atoms with van der Waals surface area (Å²) >= 11 is 11.9. The Morgan fingerprint density at radius 2 is 1.70 bits per heavy atom. The van der Waals surface area contributed by atoms with Crippen LogP contribution in [0.4, 0.5) is 18.9 Å². The van der Waals surface area contributed by atoms with E-state index < -0.39 is 22.1 Å². The Labute approximate surface area is 201 Å². The van der Waals surface area contributed by atoms with E-state index in [0.29, 0.717) is 14.9 Å². The minimum Gasteiger partial charge on any atom is -0.391 e. The highest BCUT2D eigenvalue weighted by molar-refractivity contribution is 7.93. The molecule has 2 aromatic rings. The summed E-state index contributed by atoms with van der Waals surface area (Å²) in [6.45, 7) is 4.60. The quantitative estimate of drug-likeness (QED) is 0.203. The maximum Gasteiger partial charge on any atom is 0.516 e. The number of benzene rings is 2. The van der Waals surface area contributed by atoms with Crippen molar-refractivity contribution in [2.45, 2.75) is 39.3 Å². The smallest absolute Gasteiger partial charge is 0.391 e. The lowest BCUT2D eigenvalue weighted by Crippen LogP contribution is -2.41. The molecule has 0 aliphatic rings.